The minimum Gasteiger partial charge on any atom is -0.395 e. The summed E-state index contributed by atoms with van der Waals surface area (Å²) < 4.78 is 36.9. The van der Waals surface area contributed by atoms with Crippen LogP contribution < -0.4 is 10.6 Å². The molecule has 0 saturated heterocycles. The van der Waals surface area contributed by atoms with Crippen LogP contribution in [-0.4, -0.2) is 30.8 Å². The van der Waals surface area contributed by atoms with Gasteiger partial charge in [0.05, 0.1) is 12.2 Å². The topological polar surface area (TPSA) is 61.4 Å². The van der Waals surface area contributed by atoms with Crippen molar-refractivity contribution < 1.29 is 23.1 Å². The summed E-state index contributed by atoms with van der Waals surface area (Å²) in [6.07, 6.45) is -3.90. The maximum atomic E-state index is 12.3. The van der Waals surface area contributed by atoms with Crippen molar-refractivity contribution >= 4 is 6.03 Å². The average molecular weight is 276 g/mol. The number of nitrogens with one attached hydrogen (secondary N) is 2. The fourth-order valence-electron chi connectivity index (χ4n) is 1.41. The van der Waals surface area contributed by atoms with Crippen LogP contribution in [0.4, 0.5) is 18.0 Å². The van der Waals surface area contributed by atoms with Crippen LogP contribution in [0.25, 0.3) is 0 Å². The third-order valence-electron chi connectivity index (χ3n) is 2.38. The van der Waals surface area contributed by atoms with Gasteiger partial charge in [-0.05, 0) is 24.1 Å². The molecular weight excluding hydrogens is 261 g/mol. The Morgan fingerprint density at radius 3 is 2.21 bits per heavy atom. The van der Waals surface area contributed by atoms with Crippen LogP contribution in [0.15, 0.2) is 24.3 Å². The monoisotopic (exact) mass is 276 g/mol. The lowest BCUT2D eigenvalue weighted by molar-refractivity contribution is -0.137. The molecule has 0 radical (unpaired) electrons. The van der Waals surface area contributed by atoms with E-state index in [-0.39, 0.29) is 13.2 Å². The lowest BCUT2D eigenvalue weighted by Crippen LogP contribution is -2.37. The van der Waals surface area contributed by atoms with Crippen LogP contribution in [0.3, 0.4) is 0 Å². The van der Waals surface area contributed by atoms with Gasteiger partial charge < -0.3 is 15.7 Å². The lowest BCUT2D eigenvalue weighted by Gasteiger charge is -2.08. The van der Waals surface area contributed by atoms with Gasteiger partial charge in [-0.15, -0.1) is 0 Å². The van der Waals surface area contributed by atoms with Gasteiger partial charge >= 0.3 is 12.2 Å². The van der Waals surface area contributed by atoms with E-state index in [1.807, 2.05) is 0 Å². The first-order valence-electron chi connectivity index (χ1n) is 5.72. The van der Waals surface area contributed by atoms with Crippen LogP contribution in [0.5, 0.6) is 0 Å². The van der Waals surface area contributed by atoms with Gasteiger partial charge in [0.25, 0.3) is 0 Å². The number of alkyl halides is 3. The Hall–Kier alpha value is -1.76. The molecule has 1 aromatic rings. The van der Waals surface area contributed by atoms with Gasteiger partial charge in [-0.3, -0.25) is 0 Å². The summed E-state index contributed by atoms with van der Waals surface area (Å²) in [6.45, 7) is 0.320. The number of carbonyl (C=O) groups excluding carboxylic acids is 1. The summed E-state index contributed by atoms with van der Waals surface area (Å²) >= 11 is 0. The normalized spacial score (nSPS) is 11.2. The molecule has 1 rings (SSSR count). The van der Waals surface area contributed by atoms with Crippen LogP contribution in [0.2, 0.25) is 0 Å². The first kappa shape index (κ1) is 15.3. The number of aliphatic hydroxyl groups is 1. The van der Waals surface area contributed by atoms with Gasteiger partial charge in [0.15, 0.2) is 0 Å². The third kappa shape index (κ3) is 5.60. The standard InChI is InChI=1S/C12H15F3N2O2/c13-12(14,15)10-3-1-9(2-4-10)5-6-16-11(19)17-7-8-18/h1-4,18H,5-8H2,(H2,16,17,19). The molecule has 7 heteroatoms. The van der Waals surface area contributed by atoms with Gasteiger partial charge in [-0.1, -0.05) is 12.1 Å². The fraction of sp³-hybridized carbons (Fsp3) is 0.417. The molecule has 4 nitrogen and oxygen atoms in total. The minimum atomic E-state index is -4.33. The highest BCUT2D eigenvalue weighted by Crippen LogP contribution is 2.29. The number of aliphatic hydroxyl groups excluding tert-OH is 1. The van der Waals surface area contributed by atoms with E-state index in [2.05, 4.69) is 10.6 Å². The van der Waals surface area contributed by atoms with Gasteiger partial charge in [0.1, 0.15) is 0 Å². The number of hydrogen-bond acceptors (Lipinski definition) is 2. The van der Waals surface area contributed by atoms with Crippen molar-refractivity contribution in [2.75, 3.05) is 19.7 Å². The molecule has 0 atom stereocenters. The molecule has 0 aliphatic carbocycles. The molecule has 0 bridgehead atoms. The Bertz CT molecular complexity index is 404. The average Bonchev–Trinajstić information content (AvgIpc) is 2.36. The second-order valence-corrected chi connectivity index (χ2v) is 3.85. The first-order valence-corrected chi connectivity index (χ1v) is 5.72. The number of halogens is 3. The highest BCUT2D eigenvalue weighted by Gasteiger charge is 2.29. The molecule has 0 spiro atoms. The van der Waals surface area contributed by atoms with Gasteiger partial charge in [0, 0.05) is 13.1 Å². The predicted molar refractivity (Wildman–Crippen MR) is 63.6 cm³/mol. The molecule has 0 aromatic heterocycles. The van der Waals surface area contributed by atoms with E-state index in [1.165, 1.54) is 12.1 Å². The molecule has 0 aliphatic rings. The van der Waals surface area contributed by atoms with Crippen molar-refractivity contribution in [1.82, 2.24) is 10.6 Å². The molecular formula is C12H15F3N2O2. The number of hydrogen-bond donors (Lipinski definition) is 3. The third-order valence-corrected chi connectivity index (χ3v) is 2.38. The van der Waals surface area contributed by atoms with Crippen LogP contribution >= 0.6 is 0 Å². The zero-order chi connectivity index (χ0) is 14.3. The smallest absolute Gasteiger partial charge is 0.395 e. The SMILES string of the molecule is O=C(NCCO)NCCc1ccc(C(F)(F)F)cc1. The quantitative estimate of drug-likeness (QED) is 0.764. The second kappa shape index (κ2) is 6.98. The lowest BCUT2D eigenvalue weighted by atomic mass is 10.1. The number of benzene rings is 1. The summed E-state index contributed by atoms with van der Waals surface area (Å²) in [4.78, 5) is 11.1. The van der Waals surface area contributed by atoms with E-state index >= 15 is 0 Å². The maximum absolute atomic E-state index is 12.3. The molecule has 0 unspecified atom stereocenters. The highest BCUT2D eigenvalue weighted by molar-refractivity contribution is 5.73. The van der Waals surface area contributed by atoms with Crippen molar-refractivity contribution in [1.29, 1.82) is 0 Å². The van der Waals surface area contributed by atoms with E-state index in [0.717, 1.165) is 12.1 Å². The number of rotatable bonds is 5. The molecule has 1 aromatic carbocycles. The zero-order valence-electron chi connectivity index (χ0n) is 10.1. The molecule has 2 amide bonds. The molecule has 0 saturated carbocycles. The molecule has 0 heterocycles. The Kier molecular flexibility index (Phi) is 5.62. The van der Waals surface area contributed by atoms with Crippen molar-refractivity contribution in [3.8, 4) is 0 Å². The van der Waals surface area contributed by atoms with E-state index in [9.17, 15) is 18.0 Å². The fourth-order valence-corrected chi connectivity index (χ4v) is 1.41. The largest absolute Gasteiger partial charge is 0.416 e. The zero-order valence-corrected chi connectivity index (χ0v) is 10.1. The maximum Gasteiger partial charge on any atom is 0.416 e. The Morgan fingerprint density at radius 2 is 1.68 bits per heavy atom. The van der Waals surface area contributed by atoms with Gasteiger partial charge in [-0.25, -0.2) is 4.79 Å². The number of urea groups is 1. The van der Waals surface area contributed by atoms with Crippen molar-refractivity contribution in [3.63, 3.8) is 0 Å². The van der Waals surface area contributed by atoms with Crippen LogP contribution in [0, 0.1) is 0 Å². The molecule has 19 heavy (non-hydrogen) atoms. The summed E-state index contributed by atoms with van der Waals surface area (Å²) in [5.41, 5.74) is 0.0142. The summed E-state index contributed by atoms with van der Waals surface area (Å²) in [6, 6.07) is 4.38. The Balaban J connectivity index is 2.36. The molecule has 0 aliphatic heterocycles. The highest BCUT2D eigenvalue weighted by atomic mass is 19.4. The van der Waals surface area contributed by atoms with E-state index in [4.69, 9.17) is 5.11 Å². The van der Waals surface area contributed by atoms with E-state index < -0.39 is 17.8 Å². The van der Waals surface area contributed by atoms with Crippen molar-refractivity contribution in [2.24, 2.45) is 0 Å². The summed E-state index contributed by atoms with van der Waals surface area (Å²) in [5, 5.41) is 13.4. The molecule has 3 N–H and O–H groups in total. The minimum absolute atomic E-state index is 0.147. The van der Waals surface area contributed by atoms with E-state index in [0.29, 0.717) is 18.5 Å². The van der Waals surface area contributed by atoms with Crippen LogP contribution in [-0.2, 0) is 12.6 Å². The summed E-state index contributed by atoms with van der Waals surface area (Å²) in [7, 11) is 0. The van der Waals surface area contributed by atoms with Gasteiger partial charge in [-0.2, -0.15) is 13.2 Å². The van der Waals surface area contributed by atoms with Crippen LogP contribution in [0.1, 0.15) is 11.1 Å². The molecule has 106 valence electrons. The van der Waals surface area contributed by atoms with E-state index in [1.54, 1.807) is 0 Å². The van der Waals surface area contributed by atoms with Crippen molar-refractivity contribution in [3.05, 3.63) is 35.4 Å². The van der Waals surface area contributed by atoms with Crippen molar-refractivity contribution in [2.45, 2.75) is 12.6 Å². The Labute approximate surface area is 108 Å². The predicted octanol–water partition coefficient (Wildman–Crippen LogP) is 1.54. The first-order chi connectivity index (χ1) is 8.93. The second-order valence-electron chi connectivity index (χ2n) is 3.85. The molecule has 0 fully saturated rings. The number of amides is 2. The number of carbonyl (C=O) groups is 1. The Morgan fingerprint density at radius 1 is 1.11 bits per heavy atom. The summed E-state index contributed by atoms with van der Waals surface area (Å²) in [5.74, 6) is 0. The van der Waals surface area contributed by atoms with Gasteiger partial charge in [0.2, 0.25) is 0 Å².